The highest BCUT2D eigenvalue weighted by molar-refractivity contribution is 6.05. The second kappa shape index (κ2) is 5.66. The van der Waals surface area contributed by atoms with Crippen LogP contribution in [-0.2, 0) is 0 Å². The molecule has 0 saturated heterocycles. The zero-order valence-electron chi connectivity index (χ0n) is 11.2. The average molecular weight is 283 g/mol. The van der Waals surface area contributed by atoms with E-state index in [9.17, 15) is 9.59 Å². The largest absolute Gasteiger partial charge is 0.486 e. The van der Waals surface area contributed by atoms with E-state index in [0.717, 1.165) is 6.29 Å². The second-order valence-corrected chi connectivity index (χ2v) is 4.56. The lowest BCUT2D eigenvalue weighted by atomic mass is 10.1. The van der Waals surface area contributed by atoms with Crippen LogP contribution in [0.25, 0.3) is 0 Å². The molecule has 1 aliphatic heterocycles. The highest BCUT2D eigenvalue weighted by Gasteiger charge is 2.15. The van der Waals surface area contributed by atoms with Gasteiger partial charge in [0.25, 0.3) is 5.91 Å². The smallest absolute Gasteiger partial charge is 0.255 e. The number of rotatable bonds is 3. The van der Waals surface area contributed by atoms with Crippen LogP contribution in [0.2, 0.25) is 0 Å². The maximum Gasteiger partial charge on any atom is 0.255 e. The summed E-state index contributed by atoms with van der Waals surface area (Å²) < 4.78 is 10.9. The van der Waals surface area contributed by atoms with Crippen LogP contribution in [0.15, 0.2) is 42.5 Å². The van der Waals surface area contributed by atoms with Crippen molar-refractivity contribution < 1.29 is 19.1 Å². The molecule has 21 heavy (non-hydrogen) atoms. The van der Waals surface area contributed by atoms with Gasteiger partial charge in [-0.05, 0) is 30.3 Å². The Morgan fingerprint density at radius 2 is 1.86 bits per heavy atom. The maximum absolute atomic E-state index is 12.2. The summed E-state index contributed by atoms with van der Waals surface area (Å²) in [5.74, 6) is 0.936. The summed E-state index contributed by atoms with van der Waals surface area (Å²) >= 11 is 0. The molecule has 0 unspecified atom stereocenters. The molecule has 0 spiro atoms. The molecule has 1 N–H and O–H groups in total. The van der Waals surface area contributed by atoms with Gasteiger partial charge < -0.3 is 14.8 Å². The number of ether oxygens (including phenoxy) is 2. The third-order valence-corrected chi connectivity index (χ3v) is 3.08. The fraction of sp³-hybridized carbons (Fsp3) is 0.125. The van der Waals surface area contributed by atoms with E-state index in [1.54, 1.807) is 42.5 Å². The number of aldehydes is 1. The van der Waals surface area contributed by atoms with Crippen LogP contribution in [-0.4, -0.2) is 25.4 Å². The normalized spacial score (nSPS) is 12.6. The first-order valence-corrected chi connectivity index (χ1v) is 6.52. The van der Waals surface area contributed by atoms with E-state index >= 15 is 0 Å². The first-order chi connectivity index (χ1) is 10.3. The zero-order valence-corrected chi connectivity index (χ0v) is 11.2. The molecule has 5 nitrogen and oxygen atoms in total. The Balaban J connectivity index is 1.80. The number of benzene rings is 2. The number of nitrogens with one attached hydrogen (secondary N) is 1. The van der Waals surface area contributed by atoms with Gasteiger partial charge in [-0.25, -0.2) is 0 Å². The zero-order chi connectivity index (χ0) is 14.7. The minimum absolute atomic E-state index is 0.268. The number of hydrogen-bond acceptors (Lipinski definition) is 4. The number of carbonyl (C=O) groups is 2. The van der Waals surface area contributed by atoms with Crippen LogP contribution >= 0.6 is 0 Å². The Morgan fingerprint density at radius 3 is 2.67 bits per heavy atom. The third-order valence-electron chi connectivity index (χ3n) is 3.08. The van der Waals surface area contributed by atoms with Crippen molar-refractivity contribution in [3.8, 4) is 11.5 Å². The predicted octanol–water partition coefficient (Wildman–Crippen LogP) is 2.52. The van der Waals surface area contributed by atoms with E-state index in [-0.39, 0.29) is 5.91 Å². The highest BCUT2D eigenvalue weighted by atomic mass is 16.6. The SMILES string of the molecule is O=Cc1cccc(NC(=O)c2ccc3c(c2)OCCO3)c1. The molecular weight excluding hydrogens is 270 g/mol. The summed E-state index contributed by atoms with van der Waals surface area (Å²) in [4.78, 5) is 22.9. The van der Waals surface area contributed by atoms with Crippen LogP contribution in [0.5, 0.6) is 11.5 Å². The van der Waals surface area contributed by atoms with Gasteiger partial charge in [0.2, 0.25) is 0 Å². The molecule has 0 radical (unpaired) electrons. The van der Waals surface area contributed by atoms with Gasteiger partial charge in [0, 0.05) is 16.8 Å². The molecule has 0 aromatic heterocycles. The lowest BCUT2D eigenvalue weighted by Crippen LogP contribution is -2.17. The number of carbonyl (C=O) groups excluding carboxylic acids is 2. The van der Waals surface area contributed by atoms with E-state index in [1.165, 1.54) is 0 Å². The maximum atomic E-state index is 12.2. The topological polar surface area (TPSA) is 64.6 Å². The van der Waals surface area contributed by atoms with Crippen molar-refractivity contribution in [1.82, 2.24) is 0 Å². The van der Waals surface area contributed by atoms with E-state index < -0.39 is 0 Å². The average Bonchev–Trinajstić information content (AvgIpc) is 2.54. The van der Waals surface area contributed by atoms with Gasteiger partial charge >= 0.3 is 0 Å². The van der Waals surface area contributed by atoms with Crippen molar-refractivity contribution in [2.24, 2.45) is 0 Å². The van der Waals surface area contributed by atoms with Crippen LogP contribution in [0, 0.1) is 0 Å². The van der Waals surface area contributed by atoms with E-state index in [2.05, 4.69) is 5.32 Å². The first kappa shape index (κ1) is 13.2. The van der Waals surface area contributed by atoms with Gasteiger partial charge in [0.1, 0.15) is 19.5 Å². The van der Waals surface area contributed by atoms with Crippen molar-refractivity contribution in [2.75, 3.05) is 18.5 Å². The molecule has 106 valence electrons. The van der Waals surface area contributed by atoms with Gasteiger partial charge in [-0.3, -0.25) is 9.59 Å². The lowest BCUT2D eigenvalue weighted by Gasteiger charge is -2.18. The van der Waals surface area contributed by atoms with Gasteiger partial charge in [-0.15, -0.1) is 0 Å². The molecule has 5 heteroatoms. The molecule has 2 aromatic rings. The summed E-state index contributed by atoms with van der Waals surface area (Å²) in [6.45, 7) is 0.983. The number of fused-ring (bicyclic) bond motifs is 1. The van der Waals surface area contributed by atoms with E-state index in [1.807, 2.05) is 0 Å². The third kappa shape index (κ3) is 2.86. The Morgan fingerprint density at radius 1 is 1.05 bits per heavy atom. The molecule has 2 aromatic carbocycles. The summed E-state index contributed by atoms with van der Waals surface area (Å²) in [7, 11) is 0. The van der Waals surface area contributed by atoms with Gasteiger partial charge in [-0.1, -0.05) is 12.1 Å². The monoisotopic (exact) mass is 283 g/mol. The van der Waals surface area contributed by atoms with E-state index in [4.69, 9.17) is 9.47 Å². The summed E-state index contributed by atoms with van der Waals surface area (Å²) in [5.41, 5.74) is 1.55. The second-order valence-electron chi connectivity index (χ2n) is 4.56. The van der Waals surface area contributed by atoms with Crippen molar-refractivity contribution in [2.45, 2.75) is 0 Å². The Labute approximate surface area is 121 Å². The minimum atomic E-state index is -0.268. The summed E-state index contributed by atoms with van der Waals surface area (Å²) in [6.07, 6.45) is 0.736. The summed E-state index contributed by atoms with van der Waals surface area (Å²) in [6, 6.07) is 11.8. The standard InChI is InChI=1S/C16H13NO4/c18-10-11-2-1-3-13(8-11)17-16(19)12-4-5-14-15(9-12)21-7-6-20-14/h1-5,8-10H,6-7H2,(H,17,19). The minimum Gasteiger partial charge on any atom is -0.486 e. The van der Waals surface area contributed by atoms with Gasteiger partial charge in [0.15, 0.2) is 11.5 Å². The van der Waals surface area contributed by atoms with Crippen LogP contribution in [0.3, 0.4) is 0 Å². The fourth-order valence-electron chi connectivity index (χ4n) is 2.08. The molecule has 0 bridgehead atoms. The van der Waals surface area contributed by atoms with Gasteiger partial charge in [-0.2, -0.15) is 0 Å². The molecule has 1 heterocycles. The molecule has 1 amide bonds. The number of hydrogen-bond donors (Lipinski definition) is 1. The van der Waals surface area contributed by atoms with Crippen LogP contribution in [0.1, 0.15) is 20.7 Å². The fourth-order valence-corrected chi connectivity index (χ4v) is 2.08. The van der Waals surface area contributed by atoms with Crippen molar-refractivity contribution in [1.29, 1.82) is 0 Å². The van der Waals surface area contributed by atoms with E-state index in [0.29, 0.717) is 41.5 Å². The Kier molecular flexibility index (Phi) is 3.55. The molecular formula is C16H13NO4. The predicted molar refractivity (Wildman–Crippen MR) is 77.2 cm³/mol. The molecule has 3 rings (SSSR count). The van der Waals surface area contributed by atoms with Gasteiger partial charge in [0.05, 0.1) is 0 Å². The van der Waals surface area contributed by atoms with Crippen LogP contribution < -0.4 is 14.8 Å². The Bertz CT molecular complexity index is 696. The molecule has 0 fully saturated rings. The summed E-state index contributed by atoms with van der Waals surface area (Å²) in [5, 5.41) is 2.75. The number of amides is 1. The molecule has 0 atom stereocenters. The van der Waals surface area contributed by atoms with Crippen molar-refractivity contribution >= 4 is 17.9 Å². The molecule has 0 saturated carbocycles. The molecule has 0 aliphatic carbocycles. The van der Waals surface area contributed by atoms with Crippen LogP contribution in [0.4, 0.5) is 5.69 Å². The molecule has 1 aliphatic rings. The van der Waals surface area contributed by atoms with Crippen molar-refractivity contribution in [3.05, 3.63) is 53.6 Å². The van der Waals surface area contributed by atoms with Crippen molar-refractivity contribution in [3.63, 3.8) is 0 Å². The highest BCUT2D eigenvalue weighted by Crippen LogP contribution is 2.30. The first-order valence-electron chi connectivity index (χ1n) is 6.52. The lowest BCUT2D eigenvalue weighted by molar-refractivity contribution is 0.102. The Hall–Kier alpha value is -2.82. The number of anilines is 1. The quantitative estimate of drug-likeness (QED) is 0.879.